The average Bonchev–Trinajstić information content (AvgIpc) is 3.07. The van der Waals surface area contributed by atoms with Crippen molar-refractivity contribution >= 4 is 11.8 Å². The van der Waals surface area contributed by atoms with E-state index in [4.69, 9.17) is 14.2 Å². The Kier molecular flexibility index (Phi) is 4.28. The van der Waals surface area contributed by atoms with Crippen molar-refractivity contribution in [3.63, 3.8) is 0 Å². The smallest absolute Gasteiger partial charge is 0.338 e. The summed E-state index contributed by atoms with van der Waals surface area (Å²) in [5, 5.41) is 0. The fourth-order valence-corrected chi connectivity index (χ4v) is 2.24. The van der Waals surface area contributed by atoms with Gasteiger partial charge in [0.15, 0.2) is 23.9 Å². The van der Waals surface area contributed by atoms with Crippen LogP contribution in [-0.4, -0.2) is 25.2 Å². The van der Waals surface area contributed by atoms with Gasteiger partial charge in [0.2, 0.25) is 6.79 Å². The van der Waals surface area contributed by atoms with Gasteiger partial charge in [0.1, 0.15) is 0 Å². The van der Waals surface area contributed by atoms with Crippen molar-refractivity contribution in [3.05, 3.63) is 59.2 Å². The summed E-state index contributed by atoms with van der Waals surface area (Å²) in [4.78, 5) is 24.1. The van der Waals surface area contributed by atoms with E-state index in [1.54, 1.807) is 30.3 Å². The van der Waals surface area contributed by atoms with E-state index in [9.17, 15) is 9.59 Å². The Hall–Kier alpha value is -2.82. The predicted octanol–water partition coefficient (Wildman–Crippen LogP) is 3.02. The van der Waals surface area contributed by atoms with Crippen molar-refractivity contribution in [3.8, 4) is 11.5 Å². The third-order valence-electron chi connectivity index (χ3n) is 3.63. The van der Waals surface area contributed by atoms with Crippen LogP contribution < -0.4 is 9.47 Å². The third kappa shape index (κ3) is 3.34. The largest absolute Gasteiger partial charge is 0.454 e. The highest BCUT2D eigenvalue weighted by Crippen LogP contribution is 2.32. The topological polar surface area (TPSA) is 61.8 Å². The summed E-state index contributed by atoms with van der Waals surface area (Å²) in [6.45, 7) is 1.88. The van der Waals surface area contributed by atoms with Crippen LogP contribution in [0.2, 0.25) is 0 Å². The van der Waals surface area contributed by atoms with E-state index in [-0.39, 0.29) is 19.2 Å². The van der Waals surface area contributed by atoms with Gasteiger partial charge in [0, 0.05) is 5.56 Å². The molecule has 0 fully saturated rings. The maximum absolute atomic E-state index is 12.1. The SMILES string of the molecule is CCc1ccc(C(=O)OCC(=O)c2ccc3c(c2)OCO3)cc1. The van der Waals surface area contributed by atoms with Crippen molar-refractivity contribution in [1.29, 1.82) is 0 Å². The number of esters is 1. The fraction of sp³-hybridized carbons (Fsp3) is 0.222. The molecule has 0 atom stereocenters. The first-order valence-corrected chi connectivity index (χ1v) is 7.36. The molecule has 0 amide bonds. The molecule has 5 nitrogen and oxygen atoms in total. The number of rotatable bonds is 5. The van der Waals surface area contributed by atoms with Crippen LogP contribution in [0.1, 0.15) is 33.2 Å². The van der Waals surface area contributed by atoms with E-state index >= 15 is 0 Å². The van der Waals surface area contributed by atoms with Crippen LogP contribution in [0.5, 0.6) is 11.5 Å². The number of hydrogen-bond acceptors (Lipinski definition) is 5. The molecule has 2 aromatic carbocycles. The molecule has 0 aromatic heterocycles. The highest BCUT2D eigenvalue weighted by molar-refractivity contribution is 5.99. The van der Waals surface area contributed by atoms with E-state index in [0.717, 1.165) is 12.0 Å². The number of carbonyl (C=O) groups is 2. The van der Waals surface area contributed by atoms with Gasteiger partial charge in [-0.25, -0.2) is 4.79 Å². The zero-order valence-electron chi connectivity index (χ0n) is 12.7. The van der Waals surface area contributed by atoms with Gasteiger partial charge in [0.05, 0.1) is 5.56 Å². The van der Waals surface area contributed by atoms with Gasteiger partial charge in [-0.1, -0.05) is 19.1 Å². The quantitative estimate of drug-likeness (QED) is 0.627. The Morgan fingerprint density at radius 3 is 2.43 bits per heavy atom. The molecule has 5 heteroatoms. The molecule has 0 bridgehead atoms. The molecule has 1 heterocycles. The molecule has 0 N–H and O–H groups in total. The van der Waals surface area contributed by atoms with Gasteiger partial charge in [-0.2, -0.15) is 0 Å². The minimum Gasteiger partial charge on any atom is -0.454 e. The fourth-order valence-electron chi connectivity index (χ4n) is 2.24. The molecule has 2 aromatic rings. The second kappa shape index (κ2) is 6.52. The Morgan fingerprint density at radius 2 is 1.70 bits per heavy atom. The predicted molar refractivity (Wildman–Crippen MR) is 83.0 cm³/mol. The van der Waals surface area contributed by atoms with Crippen LogP contribution in [0.4, 0.5) is 0 Å². The molecule has 1 aliphatic heterocycles. The van der Waals surface area contributed by atoms with Crippen LogP contribution in [0.3, 0.4) is 0 Å². The molecule has 3 rings (SSSR count). The average molecular weight is 312 g/mol. The number of carbonyl (C=O) groups excluding carboxylic acids is 2. The Bertz CT molecular complexity index is 734. The van der Waals surface area contributed by atoms with E-state index in [2.05, 4.69) is 0 Å². The van der Waals surface area contributed by atoms with Crippen molar-refractivity contribution < 1.29 is 23.8 Å². The summed E-state index contributed by atoms with van der Waals surface area (Å²) in [6, 6.07) is 12.0. The Labute approximate surface area is 133 Å². The second-order valence-corrected chi connectivity index (χ2v) is 5.12. The number of Topliss-reactive ketones (excluding diaryl/α,β-unsaturated/α-hetero) is 1. The van der Waals surface area contributed by atoms with E-state index in [0.29, 0.717) is 22.6 Å². The Morgan fingerprint density at radius 1 is 1.00 bits per heavy atom. The monoisotopic (exact) mass is 312 g/mol. The summed E-state index contributed by atoms with van der Waals surface area (Å²) < 4.78 is 15.5. The summed E-state index contributed by atoms with van der Waals surface area (Å²) in [5.41, 5.74) is 1.99. The zero-order valence-corrected chi connectivity index (χ0v) is 12.7. The maximum atomic E-state index is 12.1. The lowest BCUT2D eigenvalue weighted by molar-refractivity contribution is 0.0474. The van der Waals surface area contributed by atoms with Crippen LogP contribution in [0, 0.1) is 0 Å². The number of hydrogen-bond donors (Lipinski definition) is 0. The highest BCUT2D eigenvalue weighted by atomic mass is 16.7. The molecule has 0 saturated carbocycles. The molecule has 1 aliphatic rings. The molecule has 0 spiro atoms. The van der Waals surface area contributed by atoms with E-state index < -0.39 is 5.97 Å². The molecular weight excluding hydrogens is 296 g/mol. The van der Waals surface area contributed by atoms with Gasteiger partial charge < -0.3 is 14.2 Å². The summed E-state index contributed by atoms with van der Waals surface area (Å²) >= 11 is 0. The molecule has 118 valence electrons. The molecule has 0 aliphatic carbocycles. The van der Waals surface area contributed by atoms with Crippen LogP contribution in [0.25, 0.3) is 0 Å². The van der Waals surface area contributed by atoms with Crippen LogP contribution >= 0.6 is 0 Å². The van der Waals surface area contributed by atoms with Gasteiger partial charge >= 0.3 is 5.97 Å². The number of aryl methyl sites for hydroxylation is 1. The third-order valence-corrected chi connectivity index (χ3v) is 3.63. The van der Waals surface area contributed by atoms with Crippen molar-refractivity contribution in [2.75, 3.05) is 13.4 Å². The number of ether oxygens (including phenoxy) is 3. The lowest BCUT2D eigenvalue weighted by atomic mass is 10.1. The number of ketones is 1. The van der Waals surface area contributed by atoms with E-state index in [1.165, 1.54) is 0 Å². The van der Waals surface area contributed by atoms with Crippen molar-refractivity contribution in [1.82, 2.24) is 0 Å². The minimum absolute atomic E-state index is 0.149. The highest BCUT2D eigenvalue weighted by Gasteiger charge is 2.17. The maximum Gasteiger partial charge on any atom is 0.338 e. The standard InChI is InChI=1S/C18H16O5/c1-2-12-3-5-13(6-4-12)18(20)21-10-15(19)14-7-8-16-17(9-14)23-11-22-16/h3-9H,2,10-11H2,1H3. The van der Waals surface area contributed by atoms with Crippen molar-refractivity contribution in [2.45, 2.75) is 13.3 Å². The van der Waals surface area contributed by atoms with Crippen LogP contribution in [0.15, 0.2) is 42.5 Å². The summed E-state index contributed by atoms with van der Waals surface area (Å²) in [5.74, 6) is 0.329. The van der Waals surface area contributed by atoms with Gasteiger partial charge in [-0.05, 0) is 42.3 Å². The molecule has 0 saturated heterocycles. The van der Waals surface area contributed by atoms with Crippen molar-refractivity contribution in [2.24, 2.45) is 0 Å². The first-order valence-electron chi connectivity index (χ1n) is 7.36. The van der Waals surface area contributed by atoms with Crippen LogP contribution in [-0.2, 0) is 11.2 Å². The molecule has 23 heavy (non-hydrogen) atoms. The molecule has 0 radical (unpaired) electrons. The molecule has 0 unspecified atom stereocenters. The lowest BCUT2D eigenvalue weighted by Gasteiger charge is -2.06. The minimum atomic E-state index is -0.512. The molecular formula is C18H16O5. The number of fused-ring (bicyclic) bond motifs is 1. The second-order valence-electron chi connectivity index (χ2n) is 5.12. The summed E-state index contributed by atoms with van der Waals surface area (Å²) in [7, 11) is 0. The first kappa shape index (κ1) is 15.1. The normalized spacial score (nSPS) is 12.0. The summed E-state index contributed by atoms with van der Waals surface area (Å²) in [6.07, 6.45) is 0.901. The van der Waals surface area contributed by atoms with Gasteiger partial charge in [-0.3, -0.25) is 4.79 Å². The Balaban J connectivity index is 1.60. The zero-order chi connectivity index (χ0) is 16.2. The lowest BCUT2D eigenvalue weighted by Crippen LogP contribution is -2.14. The first-order chi connectivity index (χ1) is 11.2. The van der Waals surface area contributed by atoms with Gasteiger partial charge in [-0.15, -0.1) is 0 Å². The van der Waals surface area contributed by atoms with E-state index in [1.807, 2.05) is 19.1 Å². The number of benzene rings is 2. The van der Waals surface area contributed by atoms with Gasteiger partial charge in [0.25, 0.3) is 0 Å².